The molecule has 1 heterocycles. The molecule has 1 aliphatic heterocycles. The van der Waals surface area contributed by atoms with Crippen LogP contribution in [0.5, 0.6) is 0 Å². The van der Waals surface area contributed by atoms with Gasteiger partial charge in [0.05, 0.1) is 21.8 Å². The van der Waals surface area contributed by atoms with E-state index in [2.05, 4.69) is 16.1 Å². The van der Waals surface area contributed by atoms with Gasteiger partial charge in [0.2, 0.25) is 0 Å². The summed E-state index contributed by atoms with van der Waals surface area (Å²) in [5.41, 5.74) is 2.16. The van der Waals surface area contributed by atoms with E-state index in [-0.39, 0.29) is 0 Å². The highest BCUT2D eigenvalue weighted by molar-refractivity contribution is 9.10. The van der Waals surface area contributed by atoms with E-state index in [0.717, 1.165) is 12.1 Å². The fourth-order valence-corrected chi connectivity index (χ4v) is 2.45. The van der Waals surface area contributed by atoms with Crippen LogP contribution in [0.25, 0.3) is 0 Å². The molecule has 0 spiro atoms. The van der Waals surface area contributed by atoms with Crippen LogP contribution in [0.3, 0.4) is 0 Å². The number of rotatable bonds is 1. The Morgan fingerprint density at radius 3 is 2.93 bits per heavy atom. The van der Waals surface area contributed by atoms with Gasteiger partial charge in [-0.3, -0.25) is 3.93 Å². The average molecular weight is 256 g/mol. The largest absolute Gasteiger partial charge is 0.480 e. The number of aryl methyl sites for hydroxylation is 1. The summed E-state index contributed by atoms with van der Waals surface area (Å²) in [7, 11) is 0. The molecule has 0 radical (unpaired) electrons. The minimum absolute atomic E-state index is 0.454. The first-order valence-corrected chi connectivity index (χ1v) is 5.17. The van der Waals surface area contributed by atoms with E-state index < -0.39 is 12.0 Å². The minimum atomic E-state index is -0.781. The van der Waals surface area contributed by atoms with Crippen molar-refractivity contribution < 1.29 is 9.90 Å². The zero-order valence-electron chi connectivity index (χ0n) is 7.48. The Balaban J connectivity index is 2.36. The van der Waals surface area contributed by atoms with Gasteiger partial charge in [0.15, 0.2) is 0 Å². The van der Waals surface area contributed by atoms with Crippen LogP contribution < -0.4 is 3.93 Å². The van der Waals surface area contributed by atoms with E-state index in [1.165, 1.54) is 5.56 Å². The Labute approximate surface area is 90.7 Å². The molecule has 1 N–H and O–H groups in total. The highest BCUT2D eigenvalue weighted by atomic mass is 79.9. The topological polar surface area (TPSA) is 40.5 Å². The van der Waals surface area contributed by atoms with E-state index in [9.17, 15) is 4.79 Å². The summed E-state index contributed by atoms with van der Waals surface area (Å²) in [6.07, 6.45) is 1.48. The Kier molecular flexibility index (Phi) is 2.46. The molecule has 0 bridgehead atoms. The minimum Gasteiger partial charge on any atom is -0.480 e. The Morgan fingerprint density at radius 1 is 1.50 bits per heavy atom. The van der Waals surface area contributed by atoms with Crippen LogP contribution >= 0.6 is 16.1 Å². The molecule has 0 aliphatic carbocycles. The van der Waals surface area contributed by atoms with Crippen molar-refractivity contribution in [2.45, 2.75) is 18.9 Å². The van der Waals surface area contributed by atoms with Gasteiger partial charge in [-0.2, -0.15) is 0 Å². The summed E-state index contributed by atoms with van der Waals surface area (Å²) in [5.74, 6) is -0.781. The molecule has 1 aliphatic rings. The predicted octanol–water partition coefficient (Wildman–Crippen LogP) is 2.20. The van der Waals surface area contributed by atoms with Crippen LogP contribution in [0.15, 0.2) is 24.3 Å². The maximum Gasteiger partial charge on any atom is 0.327 e. The fourth-order valence-electron chi connectivity index (χ4n) is 1.72. The van der Waals surface area contributed by atoms with Gasteiger partial charge in [-0.1, -0.05) is 18.2 Å². The van der Waals surface area contributed by atoms with Crippen LogP contribution in [-0.4, -0.2) is 17.1 Å². The molecule has 2 rings (SSSR count). The molecule has 0 saturated heterocycles. The highest BCUT2D eigenvalue weighted by Gasteiger charge is 2.29. The van der Waals surface area contributed by atoms with E-state index in [1.54, 1.807) is 3.93 Å². The Hall–Kier alpha value is -1.03. The smallest absolute Gasteiger partial charge is 0.327 e. The lowest BCUT2D eigenvalue weighted by Gasteiger charge is -2.30. The Morgan fingerprint density at radius 2 is 2.21 bits per heavy atom. The number of halogens is 1. The predicted molar refractivity (Wildman–Crippen MR) is 57.6 cm³/mol. The number of anilines is 1. The lowest BCUT2D eigenvalue weighted by atomic mass is 9.98. The third-order valence-corrected chi connectivity index (χ3v) is 3.34. The van der Waals surface area contributed by atoms with Crippen LogP contribution in [0.4, 0.5) is 5.69 Å². The van der Waals surface area contributed by atoms with E-state index in [4.69, 9.17) is 5.11 Å². The molecular formula is C10H10BrNO2. The number of carbonyl (C=O) groups is 1. The number of nitrogens with zero attached hydrogens (tertiary/aromatic N) is 1. The second-order valence-electron chi connectivity index (χ2n) is 3.33. The van der Waals surface area contributed by atoms with Crippen molar-refractivity contribution >= 4 is 27.8 Å². The van der Waals surface area contributed by atoms with Crippen molar-refractivity contribution in [3.8, 4) is 0 Å². The molecule has 1 atom stereocenters. The fraction of sp³-hybridized carbons (Fsp3) is 0.300. The van der Waals surface area contributed by atoms with Crippen molar-refractivity contribution in [2.24, 2.45) is 0 Å². The van der Waals surface area contributed by atoms with Crippen molar-refractivity contribution in [1.29, 1.82) is 0 Å². The molecule has 74 valence electrons. The maximum absolute atomic E-state index is 10.9. The molecule has 0 fully saturated rings. The second-order valence-corrected chi connectivity index (χ2v) is 4.10. The van der Waals surface area contributed by atoms with Gasteiger partial charge in [0.25, 0.3) is 0 Å². The highest BCUT2D eigenvalue weighted by Crippen LogP contribution is 2.32. The van der Waals surface area contributed by atoms with Crippen molar-refractivity contribution in [2.75, 3.05) is 3.93 Å². The van der Waals surface area contributed by atoms with Gasteiger partial charge in [-0.25, -0.2) is 4.79 Å². The lowest BCUT2D eigenvalue weighted by Crippen LogP contribution is -2.38. The number of hydrogen-bond acceptors (Lipinski definition) is 2. The molecule has 0 aromatic heterocycles. The van der Waals surface area contributed by atoms with E-state index in [1.807, 2.05) is 24.3 Å². The van der Waals surface area contributed by atoms with E-state index >= 15 is 0 Å². The van der Waals surface area contributed by atoms with Gasteiger partial charge >= 0.3 is 5.97 Å². The summed E-state index contributed by atoms with van der Waals surface area (Å²) in [6, 6.07) is 7.39. The van der Waals surface area contributed by atoms with Crippen LogP contribution in [0, 0.1) is 0 Å². The molecule has 1 unspecified atom stereocenters. The molecular weight excluding hydrogens is 246 g/mol. The summed E-state index contributed by atoms with van der Waals surface area (Å²) in [4.78, 5) is 10.9. The second kappa shape index (κ2) is 3.61. The first-order chi connectivity index (χ1) is 6.70. The van der Waals surface area contributed by atoms with E-state index in [0.29, 0.717) is 6.42 Å². The maximum atomic E-state index is 10.9. The summed E-state index contributed by atoms with van der Waals surface area (Å²) < 4.78 is 1.66. The molecule has 3 nitrogen and oxygen atoms in total. The number of benzene rings is 1. The van der Waals surface area contributed by atoms with Crippen LogP contribution in [0.1, 0.15) is 12.0 Å². The monoisotopic (exact) mass is 255 g/mol. The molecule has 14 heavy (non-hydrogen) atoms. The molecule has 1 aromatic rings. The quantitative estimate of drug-likeness (QED) is 0.783. The Bertz CT molecular complexity index is 367. The first kappa shape index (κ1) is 9.52. The van der Waals surface area contributed by atoms with Crippen LogP contribution in [-0.2, 0) is 11.2 Å². The van der Waals surface area contributed by atoms with Gasteiger partial charge in [0, 0.05) is 0 Å². The van der Waals surface area contributed by atoms with Crippen molar-refractivity contribution in [3.05, 3.63) is 29.8 Å². The zero-order chi connectivity index (χ0) is 10.1. The average Bonchev–Trinajstić information content (AvgIpc) is 2.18. The van der Waals surface area contributed by atoms with Crippen molar-refractivity contribution in [1.82, 2.24) is 0 Å². The normalized spacial score (nSPS) is 20.4. The molecule has 0 saturated carbocycles. The third-order valence-electron chi connectivity index (χ3n) is 2.47. The number of fused-ring (bicyclic) bond motifs is 1. The summed E-state index contributed by atoms with van der Waals surface area (Å²) in [6.45, 7) is 0. The first-order valence-electron chi connectivity index (χ1n) is 4.46. The van der Waals surface area contributed by atoms with Crippen molar-refractivity contribution in [3.63, 3.8) is 0 Å². The van der Waals surface area contributed by atoms with Gasteiger partial charge in [-0.05, 0) is 24.5 Å². The van der Waals surface area contributed by atoms with Gasteiger partial charge in [-0.15, -0.1) is 0 Å². The van der Waals surface area contributed by atoms with Gasteiger partial charge in [0.1, 0.15) is 6.04 Å². The zero-order valence-corrected chi connectivity index (χ0v) is 9.07. The summed E-state index contributed by atoms with van der Waals surface area (Å²) in [5, 5.41) is 8.96. The number of carboxylic acids is 1. The van der Waals surface area contributed by atoms with Crippen LogP contribution in [0.2, 0.25) is 0 Å². The number of carboxylic acid groups (broad SMARTS) is 1. The lowest BCUT2D eigenvalue weighted by molar-refractivity contribution is -0.138. The SMILES string of the molecule is O=C(O)C1CCc2ccccc2N1Br. The molecule has 1 aromatic carbocycles. The standard InChI is InChI=1S/C10H10BrNO2/c11-12-8-4-2-1-3-7(8)5-6-9(12)10(13)14/h1-4,9H,5-6H2,(H,13,14). The number of hydrogen-bond donors (Lipinski definition) is 1. The molecule has 0 amide bonds. The van der Waals surface area contributed by atoms with Gasteiger partial charge < -0.3 is 5.11 Å². The molecule has 4 heteroatoms. The summed E-state index contributed by atoms with van der Waals surface area (Å²) >= 11 is 3.31. The number of aliphatic carboxylic acids is 1. The third kappa shape index (κ3) is 1.50. The number of para-hydroxylation sites is 1.